The smallest absolute Gasteiger partial charge is 0.274 e. The number of benzene rings is 2. The Labute approximate surface area is 166 Å². The van der Waals surface area contributed by atoms with Gasteiger partial charge in [-0.15, -0.1) is 0 Å². The highest BCUT2D eigenvalue weighted by Crippen LogP contribution is 2.21. The molecule has 0 spiro atoms. The third-order valence-electron chi connectivity index (χ3n) is 3.97. The predicted octanol–water partition coefficient (Wildman–Crippen LogP) is 4.42. The number of halogens is 1. The second-order valence-corrected chi connectivity index (χ2v) is 6.42. The van der Waals surface area contributed by atoms with Crippen molar-refractivity contribution in [3.63, 3.8) is 0 Å². The first-order chi connectivity index (χ1) is 13.5. The number of rotatable bonds is 4. The number of aryl methyl sites for hydroxylation is 1. The molecule has 3 rings (SSSR count). The maximum Gasteiger partial charge on any atom is 0.274 e. The largest absolute Gasteiger partial charge is 0.322 e. The first-order valence-corrected chi connectivity index (χ1v) is 8.69. The summed E-state index contributed by atoms with van der Waals surface area (Å²) in [5.74, 6) is -0.835. The fraction of sp³-hybridized carbons (Fsp3) is 0.0476. The van der Waals surface area contributed by atoms with Crippen LogP contribution in [-0.4, -0.2) is 16.8 Å². The molecule has 0 aliphatic heterocycles. The molecule has 1 aromatic heterocycles. The molecule has 0 radical (unpaired) electrons. The van der Waals surface area contributed by atoms with E-state index in [0.29, 0.717) is 22.0 Å². The fourth-order valence-electron chi connectivity index (χ4n) is 2.44. The van der Waals surface area contributed by atoms with Gasteiger partial charge in [0.25, 0.3) is 11.8 Å². The van der Waals surface area contributed by atoms with E-state index in [-0.39, 0.29) is 17.2 Å². The van der Waals surface area contributed by atoms with Crippen LogP contribution in [0, 0.1) is 18.3 Å². The number of nitriles is 1. The molecule has 2 aromatic carbocycles. The van der Waals surface area contributed by atoms with Crippen molar-refractivity contribution in [2.45, 2.75) is 6.92 Å². The van der Waals surface area contributed by atoms with E-state index in [0.717, 1.165) is 5.56 Å². The molecule has 138 valence electrons. The molecule has 1 heterocycles. The molecule has 0 aliphatic rings. The van der Waals surface area contributed by atoms with E-state index >= 15 is 0 Å². The summed E-state index contributed by atoms with van der Waals surface area (Å²) in [6, 6.07) is 16.6. The number of hydrogen-bond acceptors (Lipinski definition) is 4. The van der Waals surface area contributed by atoms with Gasteiger partial charge in [-0.1, -0.05) is 17.7 Å². The summed E-state index contributed by atoms with van der Waals surface area (Å²) >= 11 is 5.97. The molecule has 0 fully saturated rings. The number of hydrogen-bond donors (Lipinski definition) is 2. The van der Waals surface area contributed by atoms with E-state index in [1.165, 1.54) is 18.3 Å². The van der Waals surface area contributed by atoms with E-state index in [9.17, 15) is 9.59 Å². The lowest BCUT2D eigenvalue weighted by Crippen LogP contribution is -2.17. The molecule has 7 heteroatoms. The van der Waals surface area contributed by atoms with E-state index in [1.807, 2.05) is 13.0 Å². The summed E-state index contributed by atoms with van der Waals surface area (Å²) in [5.41, 5.74) is 2.86. The Morgan fingerprint density at radius 3 is 2.46 bits per heavy atom. The summed E-state index contributed by atoms with van der Waals surface area (Å²) < 4.78 is 0. The Morgan fingerprint density at radius 2 is 1.75 bits per heavy atom. The Bertz CT molecular complexity index is 1090. The minimum Gasteiger partial charge on any atom is -0.322 e. The normalized spacial score (nSPS) is 10.0. The van der Waals surface area contributed by atoms with Crippen LogP contribution in [0.5, 0.6) is 0 Å². The van der Waals surface area contributed by atoms with Crippen LogP contribution in [0.4, 0.5) is 11.4 Å². The molecule has 0 unspecified atom stereocenters. The van der Waals surface area contributed by atoms with Gasteiger partial charge >= 0.3 is 0 Å². The third-order valence-corrected chi connectivity index (χ3v) is 4.21. The molecular formula is C21H15ClN4O2. The van der Waals surface area contributed by atoms with Crippen molar-refractivity contribution in [3.05, 3.63) is 88.2 Å². The summed E-state index contributed by atoms with van der Waals surface area (Å²) in [4.78, 5) is 29.0. The van der Waals surface area contributed by atoms with Gasteiger partial charge in [0.2, 0.25) is 0 Å². The van der Waals surface area contributed by atoms with Crippen molar-refractivity contribution < 1.29 is 9.59 Å². The SMILES string of the molecule is Cc1ccc(Cl)cc1NC(=O)c1cc(C(=O)Nc2ccc(C#N)cc2)ccn1. The predicted molar refractivity (Wildman–Crippen MR) is 107 cm³/mol. The third kappa shape index (κ3) is 4.53. The monoisotopic (exact) mass is 390 g/mol. The molecule has 6 nitrogen and oxygen atoms in total. The van der Waals surface area contributed by atoms with Gasteiger partial charge in [-0.25, -0.2) is 0 Å². The van der Waals surface area contributed by atoms with E-state index in [4.69, 9.17) is 16.9 Å². The maximum absolute atomic E-state index is 12.5. The number of amides is 2. The lowest BCUT2D eigenvalue weighted by molar-refractivity contribution is 0.102. The quantitative estimate of drug-likeness (QED) is 0.689. The van der Waals surface area contributed by atoms with Crippen molar-refractivity contribution in [2.24, 2.45) is 0 Å². The molecule has 0 saturated heterocycles. The van der Waals surface area contributed by atoms with Crippen molar-refractivity contribution in [1.82, 2.24) is 4.98 Å². The number of aromatic nitrogens is 1. The maximum atomic E-state index is 12.5. The lowest BCUT2D eigenvalue weighted by atomic mass is 10.1. The molecule has 2 amide bonds. The molecular weight excluding hydrogens is 376 g/mol. The summed E-state index contributed by atoms with van der Waals surface area (Å²) in [6.07, 6.45) is 1.40. The highest BCUT2D eigenvalue weighted by Gasteiger charge is 2.13. The highest BCUT2D eigenvalue weighted by molar-refractivity contribution is 6.31. The van der Waals surface area contributed by atoms with Crippen molar-refractivity contribution in [2.75, 3.05) is 10.6 Å². The molecule has 0 bridgehead atoms. The molecule has 0 saturated carbocycles. The number of carbonyl (C=O) groups is 2. The van der Waals surface area contributed by atoms with E-state index in [1.54, 1.807) is 42.5 Å². The second kappa shape index (κ2) is 8.33. The van der Waals surface area contributed by atoms with Crippen LogP contribution >= 0.6 is 11.6 Å². The van der Waals surface area contributed by atoms with Crippen LogP contribution in [0.25, 0.3) is 0 Å². The van der Waals surface area contributed by atoms with Gasteiger partial charge in [0.1, 0.15) is 5.69 Å². The van der Waals surface area contributed by atoms with Gasteiger partial charge in [0, 0.05) is 28.2 Å². The van der Waals surface area contributed by atoms with Crippen LogP contribution in [0.1, 0.15) is 32.0 Å². The topological polar surface area (TPSA) is 94.9 Å². The fourth-order valence-corrected chi connectivity index (χ4v) is 2.61. The van der Waals surface area contributed by atoms with E-state index in [2.05, 4.69) is 15.6 Å². The average Bonchev–Trinajstić information content (AvgIpc) is 2.71. The summed E-state index contributed by atoms with van der Waals surface area (Å²) in [5, 5.41) is 14.8. The van der Waals surface area contributed by atoms with Crippen molar-refractivity contribution in [1.29, 1.82) is 5.26 Å². The number of nitrogens with zero attached hydrogens (tertiary/aromatic N) is 2. The zero-order valence-electron chi connectivity index (χ0n) is 14.9. The molecule has 0 aliphatic carbocycles. The van der Waals surface area contributed by atoms with Gasteiger partial charge in [-0.2, -0.15) is 5.26 Å². The zero-order chi connectivity index (χ0) is 20.1. The Kier molecular flexibility index (Phi) is 5.68. The Balaban J connectivity index is 1.75. The average molecular weight is 391 g/mol. The first-order valence-electron chi connectivity index (χ1n) is 8.31. The van der Waals surface area contributed by atoms with Gasteiger partial charge < -0.3 is 10.6 Å². The Hall–Kier alpha value is -3.69. The zero-order valence-corrected chi connectivity index (χ0v) is 15.6. The van der Waals surface area contributed by atoms with Crippen LogP contribution in [0.15, 0.2) is 60.8 Å². The highest BCUT2D eigenvalue weighted by atomic mass is 35.5. The standard InChI is InChI=1S/C21H15ClN4O2/c1-13-2-5-16(22)11-18(13)26-21(28)19-10-15(8-9-24-19)20(27)25-17-6-3-14(12-23)4-7-17/h2-11H,1H3,(H,25,27)(H,26,28). The van der Waals surface area contributed by atoms with Gasteiger partial charge in [0.15, 0.2) is 0 Å². The minimum absolute atomic E-state index is 0.104. The second-order valence-electron chi connectivity index (χ2n) is 5.99. The first kappa shape index (κ1) is 19.1. The van der Waals surface area contributed by atoms with Crippen LogP contribution < -0.4 is 10.6 Å². The molecule has 28 heavy (non-hydrogen) atoms. The van der Waals surface area contributed by atoms with Gasteiger partial charge in [-0.3, -0.25) is 14.6 Å². The van der Waals surface area contributed by atoms with Crippen LogP contribution in [0.3, 0.4) is 0 Å². The number of nitrogens with one attached hydrogen (secondary N) is 2. The summed E-state index contributed by atoms with van der Waals surface area (Å²) in [7, 11) is 0. The van der Waals surface area contributed by atoms with Gasteiger partial charge in [-0.05, 0) is 61.0 Å². The molecule has 0 atom stereocenters. The Morgan fingerprint density at radius 1 is 1.00 bits per heavy atom. The number of carbonyl (C=O) groups excluding carboxylic acids is 2. The van der Waals surface area contributed by atoms with Gasteiger partial charge in [0.05, 0.1) is 11.6 Å². The summed E-state index contributed by atoms with van der Waals surface area (Å²) in [6.45, 7) is 1.85. The van der Waals surface area contributed by atoms with Crippen LogP contribution in [-0.2, 0) is 0 Å². The molecule has 3 aromatic rings. The van der Waals surface area contributed by atoms with E-state index < -0.39 is 5.91 Å². The molecule has 2 N–H and O–H groups in total. The number of pyridine rings is 1. The van der Waals surface area contributed by atoms with Crippen molar-refractivity contribution in [3.8, 4) is 6.07 Å². The lowest BCUT2D eigenvalue weighted by Gasteiger charge is -2.09. The number of anilines is 2. The minimum atomic E-state index is -0.446. The van der Waals surface area contributed by atoms with Crippen molar-refractivity contribution >= 4 is 34.8 Å². The van der Waals surface area contributed by atoms with Crippen LogP contribution in [0.2, 0.25) is 5.02 Å².